The van der Waals surface area contributed by atoms with Gasteiger partial charge in [-0.15, -0.1) is 0 Å². The summed E-state index contributed by atoms with van der Waals surface area (Å²) in [4.78, 5) is 10.1. The van der Waals surface area contributed by atoms with E-state index >= 15 is 0 Å². The molecule has 1 aromatic rings. The zero-order valence-corrected chi connectivity index (χ0v) is 7.99. The molecule has 5 nitrogen and oxygen atoms in total. The largest absolute Gasteiger partial charge is 0.357 e. The zero-order valence-electron chi connectivity index (χ0n) is 7.17. The molecule has 0 unspecified atom stereocenters. The van der Waals surface area contributed by atoms with Crippen LogP contribution in [0.1, 0.15) is 5.56 Å². The number of hydrogen-bond donors (Lipinski definition) is 2. The lowest BCUT2D eigenvalue weighted by Gasteiger charge is -2.02. The standard InChI is InChI=1S/C8H9NO4S/c10-6-5-7-1-3-8(4-2-7)9-14(11,12)13/h1-4,6,9H,5H2,(H,11,12,13). The number of hydrogen-bond acceptors (Lipinski definition) is 3. The second-order valence-electron chi connectivity index (χ2n) is 2.64. The Hall–Kier alpha value is -1.40. The fourth-order valence-corrected chi connectivity index (χ4v) is 1.39. The molecular weight excluding hydrogens is 206 g/mol. The lowest BCUT2D eigenvalue weighted by Crippen LogP contribution is -2.10. The first-order chi connectivity index (χ1) is 6.51. The van der Waals surface area contributed by atoms with E-state index in [9.17, 15) is 13.2 Å². The third-order valence-electron chi connectivity index (χ3n) is 1.52. The minimum Gasteiger partial charge on any atom is -0.303 e. The highest BCUT2D eigenvalue weighted by atomic mass is 32.2. The molecule has 14 heavy (non-hydrogen) atoms. The van der Waals surface area contributed by atoms with Crippen LogP contribution in [0.3, 0.4) is 0 Å². The van der Waals surface area contributed by atoms with Crippen LogP contribution in [0.2, 0.25) is 0 Å². The fraction of sp³-hybridized carbons (Fsp3) is 0.125. The first-order valence-electron chi connectivity index (χ1n) is 3.79. The number of benzene rings is 1. The Morgan fingerprint density at radius 3 is 2.29 bits per heavy atom. The Kier molecular flexibility index (Phi) is 3.21. The normalized spacial score (nSPS) is 10.9. The average Bonchev–Trinajstić information content (AvgIpc) is 2.06. The SMILES string of the molecule is O=CCc1ccc(NS(=O)(=O)O)cc1. The molecule has 0 bridgehead atoms. The van der Waals surface area contributed by atoms with Crippen molar-refractivity contribution in [3.63, 3.8) is 0 Å². The van der Waals surface area contributed by atoms with E-state index in [4.69, 9.17) is 4.55 Å². The van der Waals surface area contributed by atoms with Crippen LogP contribution in [0.5, 0.6) is 0 Å². The van der Waals surface area contributed by atoms with E-state index in [-0.39, 0.29) is 12.1 Å². The molecular formula is C8H9NO4S. The van der Waals surface area contributed by atoms with Crippen LogP contribution in [0, 0.1) is 0 Å². The third-order valence-corrected chi connectivity index (χ3v) is 2.01. The van der Waals surface area contributed by atoms with Crippen LogP contribution >= 0.6 is 0 Å². The van der Waals surface area contributed by atoms with Gasteiger partial charge in [0.15, 0.2) is 0 Å². The van der Waals surface area contributed by atoms with E-state index in [0.29, 0.717) is 0 Å². The van der Waals surface area contributed by atoms with Crippen LogP contribution in [-0.2, 0) is 21.5 Å². The summed E-state index contributed by atoms with van der Waals surface area (Å²) < 4.78 is 31.1. The van der Waals surface area contributed by atoms with Gasteiger partial charge in [0.05, 0.1) is 5.69 Å². The van der Waals surface area contributed by atoms with Crippen LogP contribution in [0.25, 0.3) is 0 Å². The molecule has 0 spiro atoms. The summed E-state index contributed by atoms with van der Waals surface area (Å²) in [5.41, 5.74) is 1.03. The van der Waals surface area contributed by atoms with Gasteiger partial charge in [-0.25, -0.2) is 0 Å². The molecule has 0 amide bonds. The minimum atomic E-state index is -4.22. The predicted molar refractivity (Wildman–Crippen MR) is 51.4 cm³/mol. The second-order valence-corrected chi connectivity index (χ2v) is 3.80. The summed E-state index contributed by atoms with van der Waals surface area (Å²) in [6.45, 7) is 0. The maximum Gasteiger partial charge on any atom is 0.357 e. The van der Waals surface area contributed by atoms with Crippen molar-refractivity contribution in [3.05, 3.63) is 29.8 Å². The van der Waals surface area contributed by atoms with Crippen molar-refractivity contribution in [2.45, 2.75) is 6.42 Å². The number of carbonyl (C=O) groups excluding carboxylic acids is 1. The molecule has 76 valence electrons. The molecule has 0 radical (unpaired) electrons. The molecule has 0 saturated carbocycles. The maximum absolute atomic E-state index is 10.4. The molecule has 1 aromatic carbocycles. The second kappa shape index (κ2) is 4.21. The van der Waals surface area contributed by atoms with Gasteiger partial charge in [-0.1, -0.05) is 12.1 Å². The van der Waals surface area contributed by atoms with Gasteiger partial charge in [0.1, 0.15) is 6.29 Å². The predicted octanol–water partition coefficient (Wildman–Crippen LogP) is 0.643. The van der Waals surface area contributed by atoms with Gasteiger partial charge in [-0.05, 0) is 17.7 Å². The van der Waals surface area contributed by atoms with Gasteiger partial charge < -0.3 is 4.79 Å². The fourth-order valence-electron chi connectivity index (χ4n) is 0.954. The Morgan fingerprint density at radius 1 is 1.29 bits per heavy atom. The number of carbonyl (C=O) groups is 1. The van der Waals surface area contributed by atoms with E-state index in [1.54, 1.807) is 12.1 Å². The molecule has 0 saturated heterocycles. The van der Waals surface area contributed by atoms with Crippen LogP contribution in [0.15, 0.2) is 24.3 Å². The Labute approximate surface area is 81.6 Å². The Bertz CT molecular complexity index is 409. The topological polar surface area (TPSA) is 83.5 Å². The van der Waals surface area contributed by atoms with E-state index in [1.807, 2.05) is 4.72 Å². The Morgan fingerprint density at radius 2 is 1.86 bits per heavy atom. The number of nitrogens with one attached hydrogen (secondary N) is 1. The lowest BCUT2D eigenvalue weighted by molar-refractivity contribution is -0.107. The molecule has 0 fully saturated rings. The molecule has 1 rings (SSSR count). The molecule has 0 atom stereocenters. The molecule has 0 aromatic heterocycles. The number of anilines is 1. The van der Waals surface area contributed by atoms with Crippen LogP contribution < -0.4 is 4.72 Å². The smallest absolute Gasteiger partial charge is 0.303 e. The first kappa shape index (κ1) is 10.7. The highest BCUT2D eigenvalue weighted by molar-refractivity contribution is 7.87. The minimum absolute atomic E-state index is 0.252. The van der Waals surface area contributed by atoms with Gasteiger partial charge in [-0.3, -0.25) is 9.27 Å². The molecule has 0 heterocycles. The van der Waals surface area contributed by atoms with E-state index < -0.39 is 10.3 Å². The summed E-state index contributed by atoms with van der Waals surface area (Å²) in [6, 6.07) is 6.13. The van der Waals surface area contributed by atoms with Gasteiger partial charge >= 0.3 is 10.3 Å². The van der Waals surface area contributed by atoms with Crippen molar-refractivity contribution < 1.29 is 17.8 Å². The monoisotopic (exact) mass is 215 g/mol. The van der Waals surface area contributed by atoms with Crippen LogP contribution in [-0.4, -0.2) is 19.3 Å². The molecule has 6 heteroatoms. The number of aldehydes is 1. The molecule has 0 aliphatic heterocycles. The van der Waals surface area contributed by atoms with Crippen molar-refractivity contribution in [2.24, 2.45) is 0 Å². The summed E-state index contributed by atoms with van der Waals surface area (Å²) in [5, 5.41) is 0. The van der Waals surface area contributed by atoms with Crippen molar-refractivity contribution in [1.82, 2.24) is 0 Å². The van der Waals surface area contributed by atoms with Crippen molar-refractivity contribution in [2.75, 3.05) is 4.72 Å². The first-order valence-corrected chi connectivity index (χ1v) is 5.23. The Balaban J connectivity index is 2.78. The lowest BCUT2D eigenvalue weighted by atomic mass is 10.1. The van der Waals surface area contributed by atoms with Gasteiger partial charge in [0, 0.05) is 6.42 Å². The van der Waals surface area contributed by atoms with E-state index in [2.05, 4.69) is 0 Å². The summed E-state index contributed by atoms with van der Waals surface area (Å²) >= 11 is 0. The van der Waals surface area contributed by atoms with Crippen molar-refractivity contribution in [3.8, 4) is 0 Å². The van der Waals surface area contributed by atoms with Crippen LogP contribution in [0.4, 0.5) is 5.69 Å². The maximum atomic E-state index is 10.4. The molecule has 0 aliphatic carbocycles. The van der Waals surface area contributed by atoms with E-state index in [1.165, 1.54) is 12.1 Å². The summed E-state index contributed by atoms with van der Waals surface area (Å²) in [6.07, 6.45) is 1.04. The van der Waals surface area contributed by atoms with Crippen molar-refractivity contribution >= 4 is 22.3 Å². The van der Waals surface area contributed by atoms with Crippen molar-refractivity contribution in [1.29, 1.82) is 0 Å². The van der Waals surface area contributed by atoms with E-state index in [0.717, 1.165) is 11.8 Å². The van der Waals surface area contributed by atoms with Gasteiger partial charge in [0.2, 0.25) is 0 Å². The quantitative estimate of drug-likeness (QED) is 0.570. The molecule has 2 N–H and O–H groups in total. The highest BCUT2D eigenvalue weighted by Gasteiger charge is 2.02. The average molecular weight is 215 g/mol. The van der Waals surface area contributed by atoms with Gasteiger partial charge in [-0.2, -0.15) is 8.42 Å². The summed E-state index contributed by atoms with van der Waals surface area (Å²) in [5.74, 6) is 0. The number of rotatable bonds is 4. The summed E-state index contributed by atoms with van der Waals surface area (Å²) in [7, 11) is -4.22. The third kappa shape index (κ3) is 3.55. The molecule has 0 aliphatic rings. The highest BCUT2D eigenvalue weighted by Crippen LogP contribution is 2.10. The zero-order chi connectivity index (χ0) is 10.6. The van der Waals surface area contributed by atoms with Gasteiger partial charge in [0.25, 0.3) is 0 Å².